The second-order valence-electron chi connectivity index (χ2n) is 3.16. The van der Waals surface area contributed by atoms with Crippen LogP contribution < -0.4 is 5.32 Å². The molecule has 0 aromatic carbocycles. The molecular formula is C12H16N2. The van der Waals surface area contributed by atoms with E-state index < -0.39 is 0 Å². The van der Waals surface area contributed by atoms with Crippen LogP contribution in [0.4, 0.5) is 0 Å². The largest absolute Gasteiger partial charge is 0.312 e. The van der Waals surface area contributed by atoms with Gasteiger partial charge in [0.05, 0.1) is 0 Å². The second kappa shape index (κ2) is 6.17. The molecule has 1 aromatic rings. The Morgan fingerprint density at radius 2 is 2.36 bits per heavy atom. The Hall–Kier alpha value is -1.33. The van der Waals surface area contributed by atoms with Crippen molar-refractivity contribution >= 4 is 0 Å². The predicted octanol–water partition coefficient (Wildman–Crippen LogP) is 1.89. The van der Waals surface area contributed by atoms with Crippen molar-refractivity contribution in [1.29, 1.82) is 0 Å². The Kier molecular flexibility index (Phi) is 4.74. The first-order valence-electron chi connectivity index (χ1n) is 4.84. The maximum Gasteiger partial charge on any atom is 0.0315 e. The molecule has 74 valence electrons. The molecule has 0 aliphatic carbocycles. The average molecular weight is 188 g/mol. The molecule has 1 rings (SSSR count). The first-order chi connectivity index (χ1) is 6.84. The fraction of sp³-hybridized carbons (Fsp3) is 0.417. The zero-order valence-electron chi connectivity index (χ0n) is 8.80. The molecule has 0 radical (unpaired) electrons. The highest BCUT2D eigenvalue weighted by Gasteiger charge is 1.95. The maximum atomic E-state index is 4.09. The molecule has 0 bridgehead atoms. The minimum atomic E-state index is 0.880. The number of aryl methyl sites for hydroxylation is 1. The van der Waals surface area contributed by atoms with Gasteiger partial charge in [0.1, 0.15) is 0 Å². The molecular weight excluding hydrogens is 172 g/mol. The van der Waals surface area contributed by atoms with E-state index in [1.807, 2.05) is 25.4 Å². The minimum Gasteiger partial charge on any atom is -0.312 e. The molecule has 2 nitrogen and oxygen atoms in total. The Morgan fingerprint density at radius 3 is 3.07 bits per heavy atom. The fourth-order valence-electron chi connectivity index (χ4n) is 1.18. The quantitative estimate of drug-likeness (QED) is 0.576. The van der Waals surface area contributed by atoms with Gasteiger partial charge in [0, 0.05) is 31.9 Å². The summed E-state index contributed by atoms with van der Waals surface area (Å²) in [5.74, 6) is 5.90. The SMILES string of the molecule is CC#CCCNCc1cnccc1C. The van der Waals surface area contributed by atoms with Crippen molar-refractivity contribution in [3.8, 4) is 11.8 Å². The Morgan fingerprint density at radius 1 is 1.50 bits per heavy atom. The third kappa shape index (κ3) is 3.59. The third-order valence-electron chi connectivity index (χ3n) is 2.07. The van der Waals surface area contributed by atoms with Crippen LogP contribution in [-0.4, -0.2) is 11.5 Å². The van der Waals surface area contributed by atoms with Crippen molar-refractivity contribution in [2.24, 2.45) is 0 Å². The molecule has 1 aromatic heterocycles. The number of aromatic nitrogens is 1. The van der Waals surface area contributed by atoms with Crippen LogP contribution in [0.3, 0.4) is 0 Å². The molecule has 1 heterocycles. The van der Waals surface area contributed by atoms with E-state index in [0.717, 1.165) is 19.5 Å². The van der Waals surface area contributed by atoms with E-state index in [2.05, 4.69) is 29.1 Å². The summed E-state index contributed by atoms with van der Waals surface area (Å²) in [5.41, 5.74) is 2.55. The van der Waals surface area contributed by atoms with Gasteiger partial charge in [-0.2, -0.15) is 0 Å². The highest BCUT2D eigenvalue weighted by Crippen LogP contribution is 2.03. The molecule has 14 heavy (non-hydrogen) atoms. The molecule has 0 saturated heterocycles. The van der Waals surface area contributed by atoms with E-state index in [0.29, 0.717) is 0 Å². The van der Waals surface area contributed by atoms with Crippen LogP contribution in [0.15, 0.2) is 18.5 Å². The summed E-state index contributed by atoms with van der Waals surface area (Å²) < 4.78 is 0. The van der Waals surface area contributed by atoms with Crippen LogP contribution in [0.5, 0.6) is 0 Å². The van der Waals surface area contributed by atoms with E-state index >= 15 is 0 Å². The van der Waals surface area contributed by atoms with E-state index in [9.17, 15) is 0 Å². The summed E-state index contributed by atoms with van der Waals surface area (Å²) >= 11 is 0. The van der Waals surface area contributed by atoms with E-state index in [1.54, 1.807) is 0 Å². The van der Waals surface area contributed by atoms with Crippen molar-refractivity contribution in [3.05, 3.63) is 29.6 Å². The van der Waals surface area contributed by atoms with Crippen LogP contribution in [0.2, 0.25) is 0 Å². The van der Waals surface area contributed by atoms with Gasteiger partial charge < -0.3 is 5.32 Å². The molecule has 0 amide bonds. The van der Waals surface area contributed by atoms with Crippen molar-refractivity contribution in [1.82, 2.24) is 10.3 Å². The number of nitrogens with one attached hydrogen (secondary N) is 1. The summed E-state index contributed by atoms with van der Waals surface area (Å²) in [6.07, 6.45) is 4.64. The van der Waals surface area contributed by atoms with Crippen molar-refractivity contribution < 1.29 is 0 Å². The zero-order valence-corrected chi connectivity index (χ0v) is 8.80. The maximum absolute atomic E-state index is 4.09. The lowest BCUT2D eigenvalue weighted by atomic mass is 10.1. The normalized spacial score (nSPS) is 9.29. The molecule has 0 fully saturated rings. The fourth-order valence-corrected chi connectivity index (χ4v) is 1.18. The van der Waals surface area contributed by atoms with Crippen LogP contribution in [0.25, 0.3) is 0 Å². The molecule has 0 spiro atoms. The molecule has 0 aliphatic rings. The van der Waals surface area contributed by atoms with Crippen LogP contribution in [-0.2, 0) is 6.54 Å². The summed E-state index contributed by atoms with van der Waals surface area (Å²) in [6, 6.07) is 2.03. The number of nitrogens with zero attached hydrogens (tertiary/aromatic N) is 1. The minimum absolute atomic E-state index is 0.880. The highest BCUT2D eigenvalue weighted by molar-refractivity contribution is 5.20. The molecule has 1 N–H and O–H groups in total. The van der Waals surface area contributed by atoms with Gasteiger partial charge >= 0.3 is 0 Å². The summed E-state index contributed by atoms with van der Waals surface area (Å²) in [5, 5.41) is 3.33. The summed E-state index contributed by atoms with van der Waals surface area (Å²) in [6.45, 7) is 5.79. The van der Waals surface area contributed by atoms with Crippen molar-refractivity contribution in [2.45, 2.75) is 26.8 Å². The zero-order chi connectivity index (χ0) is 10.2. The molecule has 2 heteroatoms. The number of hydrogen-bond acceptors (Lipinski definition) is 2. The van der Waals surface area contributed by atoms with Gasteiger partial charge in [0.25, 0.3) is 0 Å². The molecule has 0 aliphatic heterocycles. The molecule has 0 saturated carbocycles. The van der Waals surface area contributed by atoms with Crippen LogP contribution >= 0.6 is 0 Å². The summed E-state index contributed by atoms with van der Waals surface area (Å²) in [4.78, 5) is 4.09. The van der Waals surface area contributed by atoms with Gasteiger partial charge in [0.2, 0.25) is 0 Å². The lowest BCUT2D eigenvalue weighted by Gasteiger charge is -2.04. The second-order valence-corrected chi connectivity index (χ2v) is 3.16. The number of rotatable bonds is 4. The third-order valence-corrected chi connectivity index (χ3v) is 2.07. The predicted molar refractivity (Wildman–Crippen MR) is 58.7 cm³/mol. The average Bonchev–Trinajstić information content (AvgIpc) is 2.20. The lowest BCUT2D eigenvalue weighted by molar-refractivity contribution is 0.696. The number of hydrogen-bond donors (Lipinski definition) is 1. The first-order valence-corrected chi connectivity index (χ1v) is 4.84. The van der Waals surface area contributed by atoms with Crippen molar-refractivity contribution in [3.63, 3.8) is 0 Å². The monoisotopic (exact) mass is 188 g/mol. The van der Waals surface area contributed by atoms with Crippen molar-refractivity contribution in [2.75, 3.05) is 6.54 Å². The first kappa shape index (κ1) is 10.7. The molecule has 0 atom stereocenters. The van der Waals surface area contributed by atoms with Gasteiger partial charge in [-0.1, -0.05) is 0 Å². The Bertz CT molecular complexity index is 334. The van der Waals surface area contributed by atoms with Gasteiger partial charge in [-0.15, -0.1) is 11.8 Å². The van der Waals surface area contributed by atoms with E-state index in [4.69, 9.17) is 0 Å². The Balaban J connectivity index is 2.30. The Labute approximate surface area is 85.8 Å². The van der Waals surface area contributed by atoms with Gasteiger partial charge in [-0.3, -0.25) is 4.98 Å². The van der Waals surface area contributed by atoms with Gasteiger partial charge in [-0.05, 0) is 31.0 Å². The smallest absolute Gasteiger partial charge is 0.0315 e. The van der Waals surface area contributed by atoms with Crippen LogP contribution in [0.1, 0.15) is 24.5 Å². The standard InChI is InChI=1S/C12H16N2/c1-3-4-5-7-13-9-12-10-14-8-6-11(12)2/h6,8,10,13H,5,7,9H2,1-2H3. The van der Waals surface area contributed by atoms with E-state index in [-0.39, 0.29) is 0 Å². The lowest BCUT2D eigenvalue weighted by Crippen LogP contribution is -2.15. The number of pyridine rings is 1. The summed E-state index contributed by atoms with van der Waals surface area (Å²) in [7, 11) is 0. The van der Waals surface area contributed by atoms with Crippen LogP contribution in [0, 0.1) is 18.8 Å². The van der Waals surface area contributed by atoms with Gasteiger partial charge in [-0.25, -0.2) is 0 Å². The highest BCUT2D eigenvalue weighted by atomic mass is 14.8. The molecule has 0 unspecified atom stereocenters. The van der Waals surface area contributed by atoms with E-state index in [1.165, 1.54) is 11.1 Å². The topological polar surface area (TPSA) is 24.9 Å². The van der Waals surface area contributed by atoms with Gasteiger partial charge in [0.15, 0.2) is 0 Å².